The lowest BCUT2D eigenvalue weighted by Crippen LogP contribution is -2.68. The van der Waals surface area contributed by atoms with Crippen molar-refractivity contribution < 1.29 is 19.0 Å². The lowest BCUT2D eigenvalue weighted by molar-refractivity contribution is -0.351. The van der Waals surface area contributed by atoms with Gasteiger partial charge in [0, 0.05) is 16.4 Å². The molecule has 248 valence electrons. The van der Waals surface area contributed by atoms with Gasteiger partial charge in [-0.25, -0.2) is 0 Å². The minimum atomic E-state index is -0.470. The van der Waals surface area contributed by atoms with E-state index in [0.29, 0.717) is 41.3 Å². The topological polar surface area (TPSA) is 44.8 Å². The Kier molecular flexibility index (Phi) is 7.31. The predicted molar refractivity (Wildman–Crippen MR) is 180 cm³/mol. The van der Waals surface area contributed by atoms with Crippen molar-refractivity contribution in [1.29, 1.82) is 0 Å². The number of rotatable bonds is 4. The molecule has 0 radical (unpaired) electrons. The van der Waals surface area contributed by atoms with Crippen molar-refractivity contribution in [2.24, 2.45) is 50.2 Å². The summed E-state index contributed by atoms with van der Waals surface area (Å²) in [5.41, 5.74) is 4.93. The number of hydrogen-bond donors (Lipinski definition) is 0. The molecule has 45 heavy (non-hydrogen) atoms. The Morgan fingerprint density at radius 2 is 1.56 bits per heavy atom. The lowest BCUT2D eigenvalue weighted by atomic mass is 9.33. The summed E-state index contributed by atoms with van der Waals surface area (Å²) in [5.74, 6) is 1.41. The number of fused-ring (bicyclic) bond motifs is 9. The van der Waals surface area contributed by atoms with E-state index in [1.165, 1.54) is 44.9 Å². The van der Waals surface area contributed by atoms with Crippen LogP contribution >= 0.6 is 0 Å². The Balaban J connectivity index is 1.19. The summed E-state index contributed by atoms with van der Waals surface area (Å²) < 4.78 is 20.0. The molecule has 0 amide bonds. The van der Waals surface area contributed by atoms with E-state index in [2.05, 4.69) is 80.5 Å². The van der Waals surface area contributed by atoms with Crippen LogP contribution in [0.15, 0.2) is 35.9 Å². The SMILES string of the molecule is CC1(C)C[C@@H]2C3=CC[C@@H]4[C@@]5(C)CCC6OC(C)(C)OCC6(C)C5CC[C@@]4(C)[C@]3(C)CC[C@@]2(C)[C@H](OCc2ccc(C=O)cc2)C1. The van der Waals surface area contributed by atoms with Gasteiger partial charge in [-0.3, -0.25) is 4.79 Å². The maximum absolute atomic E-state index is 11.2. The Hall–Kier alpha value is -1.49. The fraction of sp³-hybridized carbons (Fsp3) is 0.780. The second-order valence-electron chi connectivity index (χ2n) is 18.9. The van der Waals surface area contributed by atoms with Crippen LogP contribution in [0.4, 0.5) is 0 Å². The molecule has 0 bridgehead atoms. The Bertz CT molecular complexity index is 1360. The molecule has 1 saturated heterocycles. The van der Waals surface area contributed by atoms with Crippen molar-refractivity contribution in [3.05, 3.63) is 47.0 Å². The van der Waals surface area contributed by atoms with Gasteiger partial charge in [0.25, 0.3) is 0 Å². The van der Waals surface area contributed by atoms with Gasteiger partial charge in [0.15, 0.2) is 5.79 Å². The number of ether oxygens (including phenoxy) is 3. The summed E-state index contributed by atoms with van der Waals surface area (Å²) in [7, 11) is 0. The first kappa shape index (κ1) is 32.1. The Morgan fingerprint density at radius 1 is 0.822 bits per heavy atom. The Morgan fingerprint density at radius 3 is 2.27 bits per heavy atom. The smallest absolute Gasteiger partial charge is 0.163 e. The van der Waals surface area contributed by atoms with Gasteiger partial charge in [-0.05, 0) is 117 Å². The fourth-order valence-corrected chi connectivity index (χ4v) is 12.7. The summed E-state index contributed by atoms with van der Waals surface area (Å²) >= 11 is 0. The molecule has 0 spiro atoms. The van der Waals surface area contributed by atoms with Crippen LogP contribution in [-0.2, 0) is 20.8 Å². The van der Waals surface area contributed by atoms with E-state index in [9.17, 15) is 4.79 Å². The second kappa shape index (κ2) is 10.3. The molecule has 7 rings (SSSR count). The van der Waals surface area contributed by atoms with Crippen LogP contribution in [0.2, 0.25) is 0 Å². The molecular formula is C41H60O4. The van der Waals surface area contributed by atoms with E-state index < -0.39 is 5.79 Å². The van der Waals surface area contributed by atoms with E-state index in [1.54, 1.807) is 5.57 Å². The zero-order valence-electron chi connectivity index (χ0n) is 29.8. The van der Waals surface area contributed by atoms with Crippen LogP contribution in [0.25, 0.3) is 0 Å². The van der Waals surface area contributed by atoms with Crippen molar-refractivity contribution in [2.45, 2.75) is 145 Å². The highest BCUT2D eigenvalue weighted by Crippen LogP contribution is 2.76. The quantitative estimate of drug-likeness (QED) is 0.249. The first-order chi connectivity index (χ1) is 21.0. The molecule has 4 nitrogen and oxygen atoms in total. The summed E-state index contributed by atoms with van der Waals surface area (Å²) in [4.78, 5) is 11.2. The van der Waals surface area contributed by atoms with Crippen molar-refractivity contribution in [1.82, 2.24) is 0 Å². The van der Waals surface area contributed by atoms with E-state index in [-0.39, 0.29) is 27.8 Å². The molecule has 1 aromatic rings. The van der Waals surface area contributed by atoms with Crippen LogP contribution in [-0.4, -0.2) is 30.9 Å². The number of benzene rings is 1. The fourth-order valence-electron chi connectivity index (χ4n) is 12.7. The largest absolute Gasteiger partial charge is 0.373 e. The molecule has 4 heteroatoms. The third kappa shape index (κ3) is 4.65. The zero-order chi connectivity index (χ0) is 32.3. The molecule has 3 unspecified atom stereocenters. The highest BCUT2D eigenvalue weighted by atomic mass is 16.7. The minimum Gasteiger partial charge on any atom is -0.373 e. The molecule has 5 aliphatic carbocycles. The van der Waals surface area contributed by atoms with E-state index in [4.69, 9.17) is 14.2 Å². The van der Waals surface area contributed by atoms with Crippen molar-refractivity contribution >= 4 is 6.29 Å². The van der Waals surface area contributed by atoms with E-state index in [0.717, 1.165) is 36.9 Å². The maximum Gasteiger partial charge on any atom is 0.163 e. The lowest BCUT2D eigenvalue weighted by Gasteiger charge is -2.72. The average molecular weight is 617 g/mol. The third-order valence-electron chi connectivity index (χ3n) is 15.6. The minimum absolute atomic E-state index is 0.0887. The molecule has 4 saturated carbocycles. The third-order valence-corrected chi connectivity index (χ3v) is 15.6. The molecule has 6 aliphatic rings. The molecule has 10 atom stereocenters. The number of hydrogen-bond acceptors (Lipinski definition) is 4. The molecule has 1 heterocycles. The van der Waals surface area contributed by atoms with Crippen LogP contribution < -0.4 is 0 Å². The van der Waals surface area contributed by atoms with Crippen molar-refractivity contribution in [2.75, 3.05) is 6.61 Å². The van der Waals surface area contributed by atoms with Crippen molar-refractivity contribution in [3.63, 3.8) is 0 Å². The maximum atomic E-state index is 11.2. The standard InChI is InChI=1S/C41H60O4/c1-35(2)22-30-29-14-15-32-38(6)18-17-33-39(7,26-44-36(3,4)45-33)31(38)16-19-41(32,9)40(29,8)21-20-37(30,5)34(23-35)43-25-28-12-10-27(24-42)11-13-28/h10-14,24,30-34H,15-23,25-26H2,1-9H3/t30-,31?,32-,33?,34-,37-,38+,39?,40-,41-/m1/s1. The highest BCUT2D eigenvalue weighted by molar-refractivity contribution is 5.74. The second-order valence-corrected chi connectivity index (χ2v) is 18.9. The normalized spacial score (nSPS) is 48.0. The average Bonchev–Trinajstić information content (AvgIpc) is 2.98. The van der Waals surface area contributed by atoms with Gasteiger partial charge in [-0.2, -0.15) is 0 Å². The summed E-state index contributed by atoms with van der Waals surface area (Å²) in [6.07, 6.45) is 15.3. The van der Waals surface area contributed by atoms with Gasteiger partial charge >= 0.3 is 0 Å². The number of aldehydes is 1. The highest BCUT2D eigenvalue weighted by Gasteiger charge is 2.70. The molecular weight excluding hydrogens is 556 g/mol. The molecule has 0 aromatic heterocycles. The first-order valence-electron chi connectivity index (χ1n) is 18.2. The van der Waals surface area contributed by atoms with Gasteiger partial charge in [0.05, 0.1) is 25.4 Å². The van der Waals surface area contributed by atoms with Crippen LogP contribution in [0.3, 0.4) is 0 Å². The molecule has 0 N–H and O–H groups in total. The van der Waals surface area contributed by atoms with Gasteiger partial charge in [0.2, 0.25) is 0 Å². The Labute approximate surface area is 273 Å². The summed E-state index contributed by atoms with van der Waals surface area (Å²) in [6, 6.07) is 7.93. The van der Waals surface area contributed by atoms with Crippen LogP contribution in [0, 0.1) is 50.2 Å². The number of allylic oxidation sites excluding steroid dienone is 2. The molecule has 1 aliphatic heterocycles. The number of carbonyl (C=O) groups excluding carboxylic acids is 1. The van der Waals surface area contributed by atoms with Crippen molar-refractivity contribution in [3.8, 4) is 0 Å². The first-order valence-corrected chi connectivity index (χ1v) is 18.2. The predicted octanol–water partition coefficient (Wildman–Crippen LogP) is 9.95. The van der Waals surface area contributed by atoms with Gasteiger partial charge in [0.1, 0.15) is 6.29 Å². The van der Waals surface area contributed by atoms with Crippen LogP contribution in [0.1, 0.15) is 136 Å². The summed E-state index contributed by atoms with van der Waals surface area (Å²) in [6.45, 7) is 23.7. The zero-order valence-corrected chi connectivity index (χ0v) is 29.8. The number of carbonyl (C=O) groups is 1. The van der Waals surface area contributed by atoms with Gasteiger partial charge < -0.3 is 14.2 Å². The molecule has 5 fully saturated rings. The van der Waals surface area contributed by atoms with Crippen LogP contribution in [0.5, 0.6) is 0 Å². The van der Waals surface area contributed by atoms with Gasteiger partial charge in [-0.15, -0.1) is 0 Å². The monoisotopic (exact) mass is 616 g/mol. The van der Waals surface area contributed by atoms with E-state index >= 15 is 0 Å². The van der Waals surface area contributed by atoms with E-state index in [1.807, 2.05) is 12.1 Å². The van der Waals surface area contributed by atoms with Gasteiger partial charge in [-0.1, -0.05) is 84.4 Å². The summed E-state index contributed by atoms with van der Waals surface area (Å²) in [5, 5.41) is 0. The molecule has 1 aromatic carbocycles.